The number of primary amides is 1. The molecule has 7 heteroatoms. The molecule has 1 aromatic carbocycles. The van der Waals surface area contributed by atoms with Gasteiger partial charge < -0.3 is 25.8 Å². The van der Waals surface area contributed by atoms with Gasteiger partial charge in [0.1, 0.15) is 5.69 Å². The Bertz CT molecular complexity index is 974. The van der Waals surface area contributed by atoms with E-state index in [0.29, 0.717) is 11.3 Å². The summed E-state index contributed by atoms with van der Waals surface area (Å²) in [4.78, 5) is 29.1. The second-order valence-corrected chi connectivity index (χ2v) is 6.11. The van der Waals surface area contributed by atoms with E-state index in [1.807, 2.05) is 18.2 Å². The van der Waals surface area contributed by atoms with E-state index in [1.165, 1.54) is 11.6 Å². The maximum absolute atomic E-state index is 12.2. The zero-order chi connectivity index (χ0) is 18.5. The number of pyridine rings is 1. The van der Waals surface area contributed by atoms with Gasteiger partial charge in [-0.05, 0) is 48.9 Å². The van der Waals surface area contributed by atoms with Gasteiger partial charge >= 0.3 is 0 Å². The van der Waals surface area contributed by atoms with Crippen molar-refractivity contribution in [3.8, 4) is 11.3 Å². The van der Waals surface area contributed by atoms with E-state index in [0.717, 1.165) is 37.0 Å². The van der Waals surface area contributed by atoms with Gasteiger partial charge in [-0.25, -0.2) is 0 Å². The van der Waals surface area contributed by atoms with E-state index in [9.17, 15) is 9.59 Å². The molecule has 0 saturated heterocycles. The average molecular weight is 354 g/mol. The van der Waals surface area contributed by atoms with Gasteiger partial charge in [-0.1, -0.05) is 6.07 Å². The van der Waals surface area contributed by atoms with E-state index in [-0.39, 0.29) is 11.3 Å². The van der Waals surface area contributed by atoms with Gasteiger partial charge in [-0.3, -0.25) is 9.59 Å². The maximum Gasteiger partial charge on any atom is 0.265 e. The van der Waals surface area contributed by atoms with Crippen molar-refractivity contribution in [3.63, 3.8) is 0 Å². The maximum atomic E-state index is 12.2. The molecular weight excluding hydrogens is 332 g/mol. The van der Waals surface area contributed by atoms with Crippen molar-refractivity contribution in [3.05, 3.63) is 58.0 Å². The first-order valence-electron chi connectivity index (χ1n) is 8.43. The van der Waals surface area contributed by atoms with E-state index in [4.69, 9.17) is 10.5 Å². The molecule has 2 heterocycles. The Morgan fingerprint density at radius 3 is 2.77 bits per heavy atom. The molecule has 0 aliphatic carbocycles. The minimum atomic E-state index is -0.659. The van der Waals surface area contributed by atoms with Gasteiger partial charge in [-0.15, -0.1) is 0 Å². The SMILES string of the molecule is COCCCNCc1ccc2[nH]c(-c3ccc(C(N)=O)[nH]c3=O)cc2c1. The molecular formula is C19H22N4O3. The molecule has 26 heavy (non-hydrogen) atoms. The normalized spacial score (nSPS) is 11.1. The highest BCUT2D eigenvalue weighted by molar-refractivity contribution is 5.91. The fraction of sp³-hybridized carbons (Fsp3) is 0.263. The summed E-state index contributed by atoms with van der Waals surface area (Å²) in [6.45, 7) is 2.41. The number of carbonyl (C=O) groups is 1. The fourth-order valence-electron chi connectivity index (χ4n) is 2.84. The van der Waals surface area contributed by atoms with Crippen molar-refractivity contribution in [2.24, 2.45) is 5.73 Å². The number of amides is 1. The number of nitrogens with two attached hydrogens (primary N) is 1. The van der Waals surface area contributed by atoms with Gasteiger partial charge in [0.15, 0.2) is 0 Å². The minimum absolute atomic E-state index is 0.0942. The summed E-state index contributed by atoms with van der Waals surface area (Å²) in [7, 11) is 1.70. The summed E-state index contributed by atoms with van der Waals surface area (Å²) in [5.41, 5.74) is 8.20. The van der Waals surface area contributed by atoms with Gasteiger partial charge in [0.05, 0.1) is 11.3 Å². The molecule has 0 spiro atoms. The van der Waals surface area contributed by atoms with Gasteiger partial charge in [0, 0.05) is 31.2 Å². The highest BCUT2D eigenvalue weighted by Gasteiger charge is 2.10. The molecule has 1 amide bonds. The Labute approximate surface area is 150 Å². The third-order valence-corrected chi connectivity index (χ3v) is 4.18. The number of methoxy groups -OCH3 is 1. The van der Waals surface area contributed by atoms with E-state index >= 15 is 0 Å². The predicted molar refractivity (Wildman–Crippen MR) is 101 cm³/mol. The number of ether oxygens (including phenoxy) is 1. The highest BCUT2D eigenvalue weighted by Crippen LogP contribution is 2.23. The molecule has 0 aliphatic rings. The van der Waals surface area contributed by atoms with Gasteiger partial charge in [0.25, 0.3) is 11.5 Å². The van der Waals surface area contributed by atoms with Gasteiger partial charge in [-0.2, -0.15) is 0 Å². The summed E-state index contributed by atoms with van der Waals surface area (Å²) < 4.78 is 5.03. The lowest BCUT2D eigenvalue weighted by Crippen LogP contribution is -2.19. The summed E-state index contributed by atoms with van der Waals surface area (Å²) in [5, 5.41) is 4.40. The summed E-state index contributed by atoms with van der Waals surface area (Å²) in [6.07, 6.45) is 0.969. The molecule has 3 rings (SSSR count). The van der Waals surface area contributed by atoms with E-state index in [2.05, 4.69) is 21.4 Å². The van der Waals surface area contributed by atoms with Crippen molar-refractivity contribution in [2.75, 3.05) is 20.3 Å². The minimum Gasteiger partial charge on any atom is -0.385 e. The number of hydrogen-bond acceptors (Lipinski definition) is 4. The number of hydrogen-bond donors (Lipinski definition) is 4. The van der Waals surface area contributed by atoms with Crippen LogP contribution in [0.25, 0.3) is 22.2 Å². The molecule has 2 aromatic heterocycles. The molecule has 0 radical (unpaired) electrons. The predicted octanol–water partition coefficient (Wildman–Crippen LogP) is 1.75. The van der Waals surface area contributed by atoms with Crippen LogP contribution in [0.15, 0.2) is 41.2 Å². The number of nitrogens with one attached hydrogen (secondary N) is 3. The third-order valence-electron chi connectivity index (χ3n) is 4.18. The largest absolute Gasteiger partial charge is 0.385 e. The Morgan fingerprint density at radius 1 is 1.19 bits per heavy atom. The van der Waals surface area contributed by atoms with Crippen molar-refractivity contribution in [1.29, 1.82) is 0 Å². The number of aromatic nitrogens is 2. The van der Waals surface area contributed by atoms with E-state index in [1.54, 1.807) is 13.2 Å². The topological polar surface area (TPSA) is 113 Å². The van der Waals surface area contributed by atoms with Crippen LogP contribution in [0.1, 0.15) is 22.5 Å². The Hall–Kier alpha value is -2.90. The van der Waals surface area contributed by atoms with Crippen LogP contribution < -0.4 is 16.6 Å². The second kappa shape index (κ2) is 7.99. The van der Waals surface area contributed by atoms with Crippen molar-refractivity contribution in [1.82, 2.24) is 15.3 Å². The zero-order valence-electron chi connectivity index (χ0n) is 14.6. The van der Waals surface area contributed by atoms with Crippen molar-refractivity contribution >= 4 is 16.8 Å². The molecule has 0 saturated carbocycles. The van der Waals surface area contributed by atoms with Crippen LogP contribution in [-0.4, -0.2) is 36.1 Å². The quantitative estimate of drug-likeness (QED) is 0.462. The van der Waals surface area contributed by atoms with Crippen molar-refractivity contribution < 1.29 is 9.53 Å². The summed E-state index contributed by atoms with van der Waals surface area (Å²) in [6, 6.07) is 11.2. The fourth-order valence-corrected chi connectivity index (χ4v) is 2.84. The standard InChI is InChI=1S/C19H22N4O3/c1-26-8-2-7-21-11-12-3-5-15-13(9-12)10-17(22-15)14-4-6-16(18(20)24)23-19(14)25/h3-6,9-10,21-22H,2,7-8,11H2,1H3,(H2,20,24)(H,23,25). The molecule has 0 bridgehead atoms. The van der Waals surface area contributed by atoms with Crippen LogP contribution in [0.4, 0.5) is 0 Å². The Kier molecular flexibility index (Phi) is 5.50. The first kappa shape index (κ1) is 17.9. The molecule has 0 unspecified atom stereocenters. The zero-order valence-corrected chi connectivity index (χ0v) is 14.6. The average Bonchev–Trinajstić information content (AvgIpc) is 3.04. The van der Waals surface area contributed by atoms with Crippen LogP contribution in [0.5, 0.6) is 0 Å². The first-order chi connectivity index (χ1) is 12.6. The molecule has 0 fully saturated rings. The smallest absolute Gasteiger partial charge is 0.265 e. The van der Waals surface area contributed by atoms with Crippen molar-refractivity contribution in [2.45, 2.75) is 13.0 Å². The lowest BCUT2D eigenvalue weighted by atomic mass is 10.1. The molecule has 136 valence electrons. The van der Waals surface area contributed by atoms with Crippen LogP contribution in [0.3, 0.4) is 0 Å². The lowest BCUT2D eigenvalue weighted by Gasteiger charge is -2.04. The first-order valence-corrected chi connectivity index (χ1v) is 8.43. The number of carbonyl (C=O) groups excluding carboxylic acids is 1. The number of rotatable bonds is 8. The third kappa shape index (κ3) is 4.01. The monoisotopic (exact) mass is 354 g/mol. The number of aromatic amines is 2. The number of H-pyrrole nitrogens is 2. The molecule has 0 aliphatic heterocycles. The summed E-state index contributed by atoms with van der Waals surface area (Å²) in [5.74, 6) is -0.659. The second-order valence-electron chi connectivity index (χ2n) is 6.11. The van der Waals surface area contributed by atoms with E-state index < -0.39 is 5.91 Å². The highest BCUT2D eigenvalue weighted by atomic mass is 16.5. The Balaban J connectivity index is 1.79. The van der Waals surface area contributed by atoms with Gasteiger partial charge in [0.2, 0.25) is 0 Å². The summed E-state index contributed by atoms with van der Waals surface area (Å²) >= 11 is 0. The Morgan fingerprint density at radius 2 is 2.04 bits per heavy atom. The van der Waals surface area contributed by atoms with Crippen LogP contribution in [-0.2, 0) is 11.3 Å². The number of benzene rings is 1. The molecule has 0 atom stereocenters. The van der Waals surface area contributed by atoms with Crippen LogP contribution >= 0.6 is 0 Å². The molecule has 5 N–H and O–H groups in total. The molecule has 3 aromatic rings. The molecule has 7 nitrogen and oxygen atoms in total. The lowest BCUT2D eigenvalue weighted by molar-refractivity contribution is 0.0995. The van der Waals surface area contributed by atoms with Crippen LogP contribution in [0.2, 0.25) is 0 Å². The van der Waals surface area contributed by atoms with Crippen LogP contribution in [0, 0.1) is 0 Å². The number of fused-ring (bicyclic) bond motifs is 1.